The molecule has 2 nitrogen and oxygen atoms in total. The second kappa shape index (κ2) is 5.75. The van der Waals surface area contributed by atoms with Gasteiger partial charge in [-0.05, 0) is 44.0 Å². The minimum Gasteiger partial charge on any atom is -0.374 e. The Morgan fingerprint density at radius 1 is 1.22 bits per heavy atom. The minimum absolute atomic E-state index is 0.507. The van der Waals surface area contributed by atoms with Crippen molar-refractivity contribution in [3.63, 3.8) is 0 Å². The summed E-state index contributed by atoms with van der Waals surface area (Å²) < 4.78 is 0. The van der Waals surface area contributed by atoms with E-state index in [2.05, 4.69) is 55.5 Å². The average molecular weight is 246 g/mol. The van der Waals surface area contributed by atoms with Gasteiger partial charge in [0.25, 0.3) is 0 Å². The quantitative estimate of drug-likeness (QED) is 0.830. The van der Waals surface area contributed by atoms with E-state index in [0.29, 0.717) is 5.41 Å². The number of nitrogens with one attached hydrogen (secondary N) is 1. The van der Waals surface area contributed by atoms with Crippen LogP contribution in [0.5, 0.6) is 0 Å². The molecule has 0 atom stereocenters. The van der Waals surface area contributed by atoms with Crippen LogP contribution in [0.25, 0.3) is 0 Å². The molecule has 18 heavy (non-hydrogen) atoms. The van der Waals surface area contributed by atoms with Crippen molar-refractivity contribution in [3.8, 4) is 0 Å². The van der Waals surface area contributed by atoms with E-state index in [-0.39, 0.29) is 0 Å². The Bertz CT molecular complexity index is 365. The molecule has 0 aromatic heterocycles. The predicted octanol–water partition coefficient (Wildman–Crippen LogP) is 3.07. The molecule has 0 bridgehead atoms. The van der Waals surface area contributed by atoms with Crippen molar-refractivity contribution in [3.05, 3.63) is 29.8 Å². The van der Waals surface area contributed by atoms with E-state index in [9.17, 15) is 0 Å². The summed E-state index contributed by atoms with van der Waals surface area (Å²) in [4.78, 5) is 2.41. The van der Waals surface area contributed by atoms with Crippen LogP contribution in [-0.4, -0.2) is 27.2 Å². The van der Waals surface area contributed by atoms with E-state index in [4.69, 9.17) is 0 Å². The molecule has 1 aromatic carbocycles. The molecular weight excluding hydrogens is 220 g/mol. The fourth-order valence-electron chi connectivity index (χ4n) is 3.02. The van der Waals surface area contributed by atoms with Crippen molar-refractivity contribution in [2.75, 3.05) is 32.1 Å². The van der Waals surface area contributed by atoms with Crippen LogP contribution >= 0.6 is 0 Å². The van der Waals surface area contributed by atoms with E-state index < -0.39 is 0 Å². The highest BCUT2D eigenvalue weighted by molar-refractivity contribution is 5.47. The number of rotatable bonds is 6. The zero-order valence-electron chi connectivity index (χ0n) is 12.0. The Morgan fingerprint density at radius 3 is 2.33 bits per heavy atom. The van der Waals surface area contributed by atoms with Crippen LogP contribution in [0.4, 0.5) is 5.69 Å². The Morgan fingerprint density at radius 2 is 1.89 bits per heavy atom. The first-order chi connectivity index (χ1) is 8.69. The molecule has 0 unspecified atom stereocenters. The molecule has 1 aliphatic carbocycles. The number of anilines is 1. The third-order valence-corrected chi connectivity index (χ3v) is 4.32. The summed E-state index contributed by atoms with van der Waals surface area (Å²) in [5, 5.41) is 3.36. The smallest absolute Gasteiger partial charge is 0.0363 e. The summed E-state index contributed by atoms with van der Waals surface area (Å²) in [6.45, 7) is 4.51. The SMILES string of the molecule is CCc1ccc(N(C)CC2(CNC)CCC2)cc1. The van der Waals surface area contributed by atoms with Crippen LogP contribution in [0.15, 0.2) is 24.3 Å². The lowest BCUT2D eigenvalue weighted by Gasteiger charge is -2.45. The molecule has 1 saturated carbocycles. The van der Waals surface area contributed by atoms with Gasteiger partial charge in [-0.15, -0.1) is 0 Å². The molecule has 0 spiro atoms. The zero-order valence-corrected chi connectivity index (χ0v) is 12.0. The third-order valence-electron chi connectivity index (χ3n) is 4.32. The van der Waals surface area contributed by atoms with Gasteiger partial charge < -0.3 is 10.2 Å². The molecule has 0 radical (unpaired) electrons. The molecule has 1 aliphatic rings. The number of hydrogen-bond acceptors (Lipinski definition) is 2. The van der Waals surface area contributed by atoms with Crippen LogP contribution in [0.1, 0.15) is 31.7 Å². The van der Waals surface area contributed by atoms with Crippen LogP contribution in [0, 0.1) is 5.41 Å². The zero-order chi connectivity index (χ0) is 13.0. The van der Waals surface area contributed by atoms with Crippen molar-refractivity contribution in [2.45, 2.75) is 32.6 Å². The molecule has 0 amide bonds. The van der Waals surface area contributed by atoms with E-state index in [1.54, 1.807) is 0 Å². The van der Waals surface area contributed by atoms with Gasteiger partial charge in [-0.3, -0.25) is 0 Å². The molecule has 0 heterocycles. The molecule has 0 aliphatic heterocycles. The number of aryl methyl sites for hydroxylation is 1. The van der Waals surface area contributed by atoms with Crippen molar-refractivity contribution in [2.24, 2.45) is 5.41 Å². The first-order valence-electron chi connectivity index (χ1n) is 7.14. The maximum atomic E-state index is 3.36. The summed E-state index contributed by atoms with van der Waals surface area (Å²) in [7, 11) is 4.28. The van der Waals surface area contributed by atoms with Gasteiger partial charge >= 0.3 is 0 Å². The lowest BCUT2D eigenvalue weighted by atomic mass is 9.68. The molecule has 2 rings (SSSR count). The van der Waals surface area contributed by atoms with Gasteiger partial charge in [-0.25, -0.2) is 0 Å². The maximum Gasteiger partial charge on any atom is 0.0363 e. The molecule has 1 N–H and O–H groups in total. The van der Waals surface area contributed by atoms with Crippen LogP contribution in [0.3, 0.4) is 0 Å². The van der Waals surface area contributed by atoms with Crippen molar-refractivity contribution in [1.29, 1.82) is 0 Å². The second-order valence-electron chi connectivity index (χ2n) is 5.76. The monoisotopic (exact) mass is 246 g/mol. The maximum absolute atomic E-state index is 3.36. The number of benzene rings is 1. The molecule has 1 fully saturated rings. The van der Waals surface area contributed by atoms with Crippen molar-refractivity contribution >= 4 is 5.69 Å². The van der Waals surface area contributed by atoms with E-state index in [0.717, 1.165) is 13.0 Å². The van der Waals surface area contributed by atoms with E-state index in [1.165, 1.54) is 37.1 Å². The molecule has 1 aromatic rings. The Labute approximate surface area is 111 Å². The standard InChI is InChI=1S/C16H26N2/c1-4-14-6-8-15(9-7-14)18(3)13-16(12-17-2)10-5-11-16/h6-9,17H,4-5,10-13H2,1-3H3. The fourth-order valence-corrected chi connectivity index (χ4v) is 3.02. The Balaban J connectivity index is 1.99. The summed E-state index contributed by atoms with van der Waals surface area (Å²) in [5.41, 5.74) is 3.27. The lowest BCUT2D eigenvalue weighted by Crippen LogP contribution is -2.47. The first kappa shape index (κ1) is 13.4. The van der Waals surface area contributed by atoms with Gasteiger partial charge in [0, 0.05) is 31.2 Å². The molecule has 0 saturated heterocycles. The third kappa shape index (κ3) is 2.86. The number of hydrogen-bond donors (Lipinski definition) is 1. The van der Waals surface area contributed by atoms with Crippen LogP contribution < -0.4 is 10.2 Å². The summed E-state index contributed by atoms with van der Waals surface area (Å²) in [6, 6.07) is 9.00. The Kier molecular flexibility index (Phi) is 4.28. The normalized spacial score (nSPS) is 17.3. The summed E-state index contributed by atoms with van der Waals surface area (Å²) >= 11 is 0. The van der Waals surface area contributed by atoms with Gasteiger partial charge in [0.2, 0.25) is 0 Å². The van der Waals surface area contributed by atoms with Gasteiger partial charge in [-0.2, -0.15) is 0 Å². The highest BCUT2D eigenvalue weighted by atomic mass is 15.1. The summed E-state index contributed by atoms with van der Waals surface area (Å²) in [6.07, 6.45) is 5.24. The second-order valence-corrected chi connectivity index (χ2v) is 5.76. The van der Waals surface area contributed by atoms with Gasteiger partial charge in [0.1, 0.15) is 0 Å². The minimum atomic E-state index is 0.507. The lowest BCUT2D eigenvalue weighted by molar-refractivity contribution is 0.143. The average Bonchev–Trinajstić information content (AvgIpc) is 2.36. The van der Waals surface area contributed by atoms with Gasteiger partial charge in [0.05, 0.1) is 0 Å². The van der Waals surface area contributed by atoms with Crippen LogP contribution in [0.2, 0.25) is 0 Å². The topological polar surface area (TPSA) is 15.3 Å². The van der Waals surface area contributed by atoms with Crippen molar-refractivity contribution in [1.82, 2.24) is 5.32 Å². The largest absolute Gasteiger partial charge is 0.374 e. The van der Waals surface area contributed by atoms with Crippen LogP contribution in [-0.2, 0) is 6.42 Å². The van der Waals surface area contributed by atoms with Gasteiger partial charge in [-0.1, -0.05) is 25.5 Å². The molecule has 100 valence electrons. The highest BCUT2D eigenvalue weighted by Crippen LogP contribution is 2.41. The molecule has 2 heteroatoms. The Hall–Kier alpha value is -1.02. The summed E-state index contributed by atoms with van der Waals surface area (Å²) in [5.74, 6) is 0. The van der Waals surface area contributed by atoms with Gasteiger partial charge in [0.15, 0.2) is 0 Å². The van der Waals surface area contributed by atoms with E-state index >= 15 is 0 Å². The number of nitrogens with zero attached hydrogens (tertiary/aromatic N) is 1. The first-order valence-corrected chi connectivity index (χ1v) is 7.14. The highest BCUT2D eigenvalue weighted by Gasteiger charge is 2.37. The predicted molar refractivity (Wildman–Crippen MR) is 79.3 cm³/mol. The fraction of sp³-hybridized carbons (Fsp3) is 0.625. The van der Waals surface area contributed by atoms with Crippen molar-refractivity contribution < 1.29 is 0 Å². The molecular formula is C16H26N2. The van der Waals surface area contributed by atoms with E-state index in [1.807, 2.05) is 0 Å².